The quantitative estimate of drug-likeness (QED) is 0.817. The standard InChI is InChI=1S/C12H13Br2NO/c13-9-5-8(12(16)11(14)6-9)7-15-10-3-1-2-4-10/h1-2,5-6,10,15-16H,3-4,7H2. The normalized spacial score (nSPS) is 15.9. The van der Waals surface area contributed by atoms with Gasteiger partial charge in [0.05, 0.1) is 4.47 Å². The van der Waals surface area contributed by atoms with Gasteiger partial charge in [-0.2, -0.15) is 0 Å². The lowest BCUT2D eigenvalue weighted by Gasteiger charge is -2.13. The average molecular weight is 347 g/mol. The van der Waals surface area contributed by atoms with Crippen LogP contribution in [0.3, 0.4) is 0 Å². The molecule has 1 aromatic carbocycles. The number of phenols is 1. The first-order valence-corrected chi connectivity index (χ1v) is 6.80. The van der Waals surface area contributed by atoms with Crippen LogP contribution in [0.1, 0.15) is 18.4 Å². The highest BCUT2D eigenvalue weighted by molar-refractivity contribution is 9.11. The van der Waals surface area contributed by atoms with Crippen LogP contribution in [0.25, 0.3) is 0 Å². The molecule has 2 rings (SSSR count). The van der Waals surface area contributed by atoms with E-state index >= 15 is 0 Å². The van der Waals surface area contributed by atoms with Gasteiger partial charge < -0.3 is 10.4 Å². The van der Waals surface area contributed by atoms with Crippen LogP contribution in [-0.2, 0) is 6.54 Å². The van der Waals surface area contributed by atoms with Gasteiger partial charge >= 0.3 is 0 Å². The molecule has 2 N–H and O–H groups in total. The van der Waals surface area contributed by atoms with Crippen LogP contribution in [0.5, 0.6) is 5.75 Å². The Morgan fingerprint density at radius 1 is 1.25 bits per heavy atom. The van der Waals surface area contributed by atoms with Gasteiger partial charge in [0.15, 0.2) is 0 Å². The van der Waals surface area contributed by atoms with Gasteiger partial charge in [-0.1, -0.05) is 28.1 Å². The van der Waals surface area contributed by atoms with Gasteiger partial charge in [0.25, 0.3) is 0 Å². The molecule has 0 atom stereocenters. The van der Waals surface area contributed by atoms with Crippen LogP contribution in [0, 0.1) is 0 Å². The fourth-order valence-corrected chi connectivity index (χ4v) is 3.11. The van der Waals surface area contributed by atoms with E-state index in [0.29, 0.717) is 18.3 Å². The first-order chi connectivity index (χ1) is 7.66. The van der Waals surface area contributed by atoms with Crippen LogP contribution in [0.4, 0.5) is 0 Å². The van der Waals surface area contributed by atoms with Crippen molar-refractivity contribution in [2.24, 2.45) is 0 Å². The lowest BCUT2D eigenvalue weighted by Crippen LogP contribution is -2.25. The van der Waals surface area contributed by atoms with Gasteiger partial charge in [-0.25, -0.2) is 0 Å². The predicted octanol–water partition coefficient (Wildman–Crippen LogP) is 3.73. The molecule has 0 saturated heterocycles. The number of halogens is 2. The van der Waals surface area contributed by atoms with E-state index in [-0.39, 0.29) is 0 Å². The summed E-state index contributed by atoms with van der Waals surface area (Å²) in [5, 5.41) is 13.3. The summed E-state index contributed by atoms with van der Waals surface area (Å²) in [4.78, 5) is 0. The minimum atomic E-state index is 0.321. The van der Waals surface area contributed by atoms with Crippen LogP contribution < -0.4 is 5.32 Å². The Hall–Kier alpha value is -0.320. The summed E-state index contributed by atoms with van der Waals surface area (Å²) in [6, 6.07) is 4.29. The molecule has 1 aromatic rings. The zero-order valence-corrected chi connectivity index (χ0v) is 11.9. The number of phenolic OH excluding ortho intramolecular Hbond substituents is 1. The first kappa shape index (κ1) is 12.1. The predicted molar refractivity (Wildman–Crippen MR) is 72.5 cm³/mol. The topological polar surface area (TPSA) is 32.3 Å². The van der Waals surface area contributed by atoms with Crippen molar-refractivity contribution < 1.29 is 5.11 Å². The maximum Gasteiger partial charge on any atom is 0.134 e. The Balaban J connectivity index is 2.03. The number of benzene rings is 1. The third kappa shape index (κ3) is 2.87. The molecule has 0 radical (unpaired) electrons. The van der Waals surface area contributed by atoms with Crippen LogP contribution in [0.15, 0.2) is 33.2 Å². The fraction of sp³-hybridized carbons (Fsp3) is 0.333. The molecule has 0 aromatic heterocycles. The second-order valence-electron chi connectivity index (χ2n) is 3.92. The molecule has 86 valence electrons. The molecule has 0 spiro atoms. The van der Waals surface area contributed by atoms with E-state index in [9.17, 15) is 5.11 Å². The number of aromatic hydroxyl groups is 1. The molecule has 0 unspecified atom stereocenters. The lowest BCUT2D eigenvalue weighted by atomic mass is 10.1. The Kier molecular flexibility index (Phi) is 4.05. The summed E-state index contributed by atoms with van der Waals surface area (Å²) in [5.41, 5.74) is 0.910. The van der Waals surface area contributed by atoms with E-state index in [1.165, 1.54) is 0 Å². The second kappa shape index (κ2) is 5.34. The third-order valence-electron chi connectivity index (χ3n) is 2.70. The summed E-state index contributed by atoms with van der Waals surface area (Å²) < 4.78 is 1.70. The summed E-state index contributed by atoms with van der Waals surface area (Å²) in [6.07, 6.45) is 6.54. The Morgan fingerprint density at radius 3 is 2.62 bits per heavy atom. The molecule has 0 heterocycles. The van der Waals surface area contributed by atoms with Gasteiger partial charge in [0, 0.05) is 22.6 Å². The molecule has 0 amide bonds. The fourth-order valence-electron chi connectivity index (χ4n) is 1.79. The number of hydrogen-bond donors (Lipinski definition) is 2. The van der Waals surface area contributed by atoms with Crippen molar-refractivity contribution in [2.45, 2.75) is 25.4 Å². The van der Waals surface area contributed by atoms with Crippen molar-refractivity contribution in [3.63, 3.8) is 0 Å². The van der Waals surface area contributed by atoms with Gasteiger partial charge in [-0.15, -0.1) is 0 Å². The molecular weight excluding hydrogens is 334 g/mol. The average Bonchev–Trinajstić information content (AvgIpc) is 2.74. The van der Waals surface area contributed by atoms with Crippen molar-refractivity contribution in [1.29, 1.82) is 0 Å². The van der Waals surface area contributed by atoms with Crippen molar-refractivity contribution in [3.05, 3.63) is 38.8 Å². The minimum Gasteiger partial charge on any atom is -0.506 e. The molecule has 0 aliphatic heterocycles. The van der Waals surface area contributed by atoms with E-state index in [0.717, 1.165) is 27.4 Å². The van der Waals surface area contributed by atoms with Crippen LogP contribution in [0.2, 0.25) is 0 Å². The van der Waals surface area contributed by atoms with E-state index < -0.39 is 0 Å². The summed E-state index contributed by atoms with van der Waals surface area (Å²) in [5.74, 6) is 0.321. The molecule has 4 heteroatoms. The van der Waals surface area contributed by atoms with Gasteiger partial charge in [-0.05, 0) is 40.9 Å². The Labute approximate surface area is 112 Å². The van der Waals surface area contributed by atoms with Crippen LogP contribution >= 0.6 is 31.9 Å². The summed E-state index contributed by atoms with van der Waals surface area (Å²) in [6.45, 7) is 0.691. The SMILES string of the molecule is Oc1c(Br)cc(Br)cc1CNC1CC=CC1. The summed E-state index contributed by atoms with van der Waals surface area (Å²) in [7, 11) is 0. The number of hydrogen-bond acceptors (Lipinski definition) is 2. The monoisotopic (exact) mass is 345 g/mol. The maximum atomic E-state index is 9.87. The van der Waals surface area contributed by atoms with Gasteiger partial charge in [0.2, 0.25) is 0 Å². The maximum absolute atomic E-state index is 9.87. The van der Waals surface area contributed by atoms with E-state index in [1.54, 1.807) is 0 Å². The molecule has 1 aliphatic carbocycles. The van der Waals surface area contributed by atoms with Crippen molar-refractivity contribution in [3.8, 4) is 5.75 Å². The van der Waals surface area contributed by atoms with Gasteiger partial charge in [0.1, 0.15) is 5.75 Å². The molecule has 0 saturated carbocycles. The first-order valence-electron chi connectivity index (χ1n) is 5.22. The second-order valence-corrected chi connectivity index (χ2v) is 5.69. The Morgan fingerprint density at radius 2 is 1.94 bits per heavy atom. The highest BCUT2D eigenvalue weighted by Crippen LogP contribution is 2.31. The summed E-state index contributed by atoms with van der Waals surface area (Å²) >= 11 is 6.75. The zero-order chi connectivity index (χ0) is 11.5. The zero-order valence-electron chi connectivity index (χ0n) is 8.71. The van der Waals surface area contributed by atoms with E-state index in [2.05, 4.69) is 49.3 Å². The smallest absolute Gasteiger partial charge is 0.134 e. The minimum absolute atomic E-state index is 0.321. The molecule has 2 nitrogen and oxygen atoms in total. The van der Waals surface area contributed by atoms with Crippen molar-refractivity contribution in [2.75, 3.05) is 0 Å². The molecule has 16 heavy (non-hydrogen) atoms. The lowest BCUT2D eigenvalue weighted by molar-refractivity contribution is 0.454. The van der Waals surface area contributed by atoms with Crippen molar-refractivity contribution in [1.82, 2.24) is 5.32 Å². The van der Waals surface area contributed by atoms with Crippen molar-refractivity contribution >= 4 is 31.9 Å². The van der Waals surface area contributed by atoms with E-state index in [4.69, 9.17) is 0 Å². The highest BCUT2D eigenvalue weighted by Gasteiger charge is 2.12. The van der Waals surface area contributed by atoms with Crippen LogP contribution in [-0.4, -0.2) is 11.1 Å². The highest BCUT2D eigenvalue weighted by atomic mass is 79.9. The third-order valence-corrected chi connectivity index (χ3v) is 3.76. The molecule has 0 bridgehead atoms. The molecule has 0 fully saturated rings. The molecular formula is C12H13Br2NO. The number of nitrogens with one attached hydrogen (secondary N) is 1. The largest absolute Gasteiger partial charge is 0.506 e. The molecule has 1 aliphatic rings. The van der Waals surface area contributed by atoms with E-state index in [1.807, 2.05) is 12.1 Å². The van der Waals surface area contributed by atoms with Gasteiger partial charge in [-0.3, -0.25) is 0 Å². The Bertz CT molecular complexity index is 410. The number of rotatable bonds is 3.